The molecule has 0 saturated heterocycles. The minimum atomic E-state index is -0.881. The molecule has 0 aromatic heterocycles. The molecular weight excluding hydrogens is 180 g/mol. The fourth-order valence-electron chi connectivity index (χ4n) is 1.10. The highest BCUT2D eigenvalue weighted by atomic mass is 16.4. The largest absolute Gasteiger partial charge is 0.507 e. The summed E-state index contributed by atoms with van der Waals surface area (Å²) in [6, 6.07) is 5.35. The van der Waals surface area contributed by atoms with Gasteiger partial charge < -0.3 is 10.2 Å². The monoisotopic (exact) mass is 192 g/mol. The van der Waals surface area contributed by atoms with Crippen molar-refractivity contribution in [1.29, 1.82) is 0 Å². The molecule has 0 heterocycles. The number of carbonyl (C=O) groups is 1. The first-order valence-corrected chi connectivity index (χ1v) is 4.28. The predicted octanol–water partition coefficient (Wildman–Crippen LogP) is 2.19. The number of aliphatic carboxylic acids is 1. The van der Waals surface area contributed by atoms with Gasteiger partial charge in [-0.25, -0.2) is 0 Å². The van der Waals surface area contributed by atoms with E-state index in [1.165, 1.54) is 6.08 Å². The number of carboxylic acid groups (broad SMARTS) is 1. The number of para-hydroxylation sites is 1. The SMILES string of the molecule is Cc1cccc(C=CCC(=O)O)c1O. The van der Waals surface area contributed by atoms with Gasteiger partial charge in [0, 0.05) is 5.56 Å². The van der Waals surface area contributed by atoms with Gasteiger partial charge in [0.25, 0.3) is 0 Å². The van der Waals surface area contributed by atoms with E-state index in [9.17, 15) is 9.90 Å². The summed E-state index contributed by atoms with van der Waals surface area (Å²) in [6.45, 7) is 1.80. The van der Waals surface area contributed by atoms with Crippen molar-refractivity contribution >= 4 is 12.0 Å². The number of rotatable bonds is 3. The highest BCUT2D eigenvalue weighted by Gasteiger charge is 1.99. The fraction of sp³-hybridized carbons (Fsp3) is 0.182. The molecular formula is C11H12O3. The Morgan fingerprint density at radius 3 is 2.86 bits per heavy atom. The normalized spacial score (nSPS) is 10.6. The van der Waals surface area contributed by atoms with Crippen molar-refractivity contribution < 1.29 is 15.0 Å². The Kier molecular flexibility index (Phi) is 3.29. The smallest absolute Gasteiger partial charge is 0.307 e. The predicted molar refractivity (Wildman–Crippen MR) is 54.1 cm³/mol. The summed E-state index contributed by atoms with van der Waals surface area (Å²) >= 11 is 0. The maximum absolute atomic E-state index is 10.2. The second-order valence-corrected chi connectivity index (χ2v) is 3.01. The number of hydrogen-bond donors (Lipinski definition) is 2. The van der Waals surface area contributed by atoms with E-state index in [1.54, 1.807) is 25.1 Å². The molecule has 3 heteroatoms. The summed E-state index contributed by atoms with van der Waals surface area (Å²) in [5, 5.41) is 18.0. The quantitative estimate of drug-likeness (QED) is 0.771. The van der Waals surface area contributed by atoms with Gasteiger partial charge in [-0.15, -0.1) is 0 Å². The average Bonchev–Trinajstić information content (AvgIpc) is 2.12. The summed E-state index contributed by atoms with van der Waals surface area (Å²) in [5.41, 5.74) is 1.42. The van der Waals surface area contributed by atoms with E-state index in [0.29, 0.717) is 5.56 Å². The summed E-state index contributed by atoms with van der Waals surface area (Å²) < 4.78 is 0. The van der Waals surface area contributed by atoms with Crippen LogP contribution >= 0.6 is 0 Å². The molecule has 0 bridgehead atoms. The zero-order chi connectivity index (χ0) is 10.6. The third-order valence-electron chi connectivity index (χ3n) is 1.86. The number of aromatic hydroxyl groups is 1. The summed E-state index contributed by atoms with van der Waals surface area (Å²) in [4.78, 5) is 10.2. The summed E-state index contributed by atoms with van der Waals surface area (Å²) in [6.07, 6.45) is 3.08. The zero-order valence-corrected chi connectivity index (χ0v) is 7.90. The Morgan fingerprint density at radius 2 is 2.21 bits per heavy atom. The number of phenolic OH excluding ortho intramolecular Hbond substituents is 1. The van der Waals surface area contributed by atoms with Gasteiger partial charge in [0.2, 0.25) is 0 Å². The molecule has 0 aliphatic heterocycles. The molecule has 1 aromatic carbocycles. The molecule has 1 aromatic rings. The highest BCUT2D eigenvalue weighted by molar-refractivity contribution is 5.71. The van der Waals surface area contributed by atoms with Crippen molar-refractivity contribution in [3.63, 3.8) is 0 Å². The number of benzene rings is 1. The van der Waals surface area contributed by atoms with Crippen LogP contribution in [0.3, 0.4) is 0 Å². The van der Waals surface area contributed by atoms with Crippen LogP contribution in [0.15, 0.2) is 24.3 Å². The van der Waals surface area contributed by atoms with Gasteiger partial charge >= 0.3 is 5.97 Å². The lowest BCUT2D eigenvalue weighted by Crippen LogP contribution is -1.89. The van der Waals surface area contributed by atoms with Crippen LogP contribution < -0.4 is 0 Å². The van der Waals surface area contributed by atoms with Crippen LogP contribution in [-0.4, -0.2) is 16.2 Å². The van der Waals surface area contributed by atoms with E-state index in [0.717, 1.165) is 5.56 Å². The second kappa shape index (κ2) is 4.46. The van der Waals surface area contributed by atoms with Crippen LogP contribution in [-0.2, 0) is 4.79 Å². The van der Waals surface area contributed by atoms with E-state index in [1.807, 2.05) is 6.07 Å². The van der Waals surface area contributed by atoms with Gasteiger partial charge in [-0.3, -0.25) is 4.79 Å². The molecule has 0 saturated carbocycles. The van der Waals surface area contributed by atoms with E-state index in [-0.39, 0.29) is 12.2 Å². The van der Waals surface area contributed by atoms with Crippen molar-refractivity contribution in [3.05, 3.63) is 35.4 Å². The maximum atomic E-state index is 10.2. The lowest BCUT2D eigenvalue weighted by Gasteiger charge is -2.01. The Hall–Kier alpha value is -1.77. The van der Waals surface area contributed by atoms with Crippen LogP contribution in [0.25, 0.3) is 6.08 Å². The lowest BCUT2D eigenvalue weighted by atomic mass is 10.1. The molecule has 0 unspecified atom stereocenters. The highest BCUT2D eigenvalue weighted by Crippen LogP contribution is 2.22. The summed E-state index contributed by atoms with van der Waals surface area (Å²) in [5.74, 6) is -0.678. The van der Waals surface area contributed by atoms with E-state index < -0.39 is 5.97 Å². The lowest BCUT2D eigenvalue weighted by molar-refractivity contribution is -0.135. The van der Waals surface area contributed by atoms with E-state index in [4.69, 9.17) is 5.11 Å². The van der Waals surface area contributed by atoms with Gasteiger partial charge in [0.1, 0.15) is 5.75 Å². The molecule has 0 radical (unpaired) electrons. The Bertz CT molecular complexity index is 367. The topological polar surface area (TPSA) is 57.5 Å². The first-order valence-electron chi connectivity index (χ1n) is 4.28. The van der Waals surface area contributed by atoms with Gasteiger partial charge in [0.05, 0.1) is 6.42 Å². The van der Waals surface area contributed by atoms with E-state index >= 15 is 0 Å². The molecule has 0 aliphatic rings. The number of phenols is 1. The minimum Gasteiger partial charge on any atom is -0.507 e. The molecule has 0 fully saturated rings. The van der Waals surface area contributed by atoms with Crippen molar-refractivity contribution in [2.24, 2.45) is 0 Å². The molecule has 1 rings (SSSR count). The third kappa shape index (κ3) is 2.62. The number of carboxylic acids is 1. The van der Waals surface area contributed by atoms with Crippen molar-refractivity contribution in [3.8, 4) is 5.75 Å². The van der Waals surface area contributed by atoms with Crippen LogP contribution in [0.4, 0.5) is 0 Å². The standard InChI is InChI=1S/C11H12O3/c1-8-4-2-5-9(11(8)14)6-3-7-10(12)13/h2-6,14H,7H2,1H3,(H,12,13). The second-order valence-electron chi connectivity index (χ2n) is 3.01. The third-order valence-corrected chi connectivity index (χ3v) is 1.86. The van der Waals surface area contributed by atoms with Gasteiger partial charge in [-0.1, -0.05) is 30.4 Å². The molecule has 0 aliphatic carbocycles. The molecule has 2 N–H and O–H groups in total. The van der Waals surface area contributed by atoms with Crippen LogP contribution in [0.5, 0.6) is 5.75 Å². The molecule has 0 amide bonds. The van der Waals surface area contributed by atoms with Gasteiger partial charge in [-0.2, -0.15) is 0 Å². The average molecular weight is 192 g/mol. The first-order chi connectivity index (χ1) is 6.61. The van der Waals surface area contributed by atoms with Crippen molar-refractivity contribution in [2.45, 2.75) is 13.3 Å². The minimum absolute atomic E-state index is 0.0343. The molecule has 0 spiro atoms. The Balaban J connectivity index is 2.81. The number of aryl methyl sites for hydroxylation is 1. The molecule has 14 heavy (non-hydrogen) atoms. The van der Waals surface area contributed by atoms with Gasteiger partial charge in [0.15, 0.2) is 0 Å². The van der Waals surface area contributed by atoms with Crippen molar-refractivity contribution in [1.82, 2.24) is 0 Å². The molecule has 74 valence electrons. The van der Waals surface area contributed by atoms with E-state index in [2.05, 4.69) is 0 Å². The molecule has 0 atom stereocenters. The Labute approximate surface area is 82.3 Å². The van der Waals surface area contributed by atoms with Crippen LogP contribution in [0, 0.1) is 6.92 Å². The maximum Gasteiger partial charge on any atom is 0.307 e. The fourth-order valence-corrected chi connectivity index (χ4v) is 1.10. The van der Waals surface area contributed by atoms with Crippen LogP contribution in [0.2, 0.25) is 0 Å². The Morgan fingerprint density at radius 1 is 1.50 bits per heavy atom. The van der Waals surface area contributed by atoms with Crippen LogP contribution in [0.1, 0.15) is 17.5 Å². The summed E-state index contributed by atoms with van der Waals surface area (Å²) in [7, 11) is 0. The zero-order valence-electron chi connectivity index (χ0n) is 7.90. The van der Waals surface area contributed by atoms with Crippen molar-refractivity contribution in [2.75, 3.05) is 0 Å². The number of hydrogen-bond acceptors (Lipinski definition) is 2. The van der Waals surface area contributed by atoms with Gasteiger partial charge in [-0.05, 0) is 12.5 Å². The first kappa shape index (κ1) is 10.3. The molecule has 3 nitrogen and oxygen atoms in total.